The van der Waals surface area contributed by atoms with Gasteiger partial charge in [-0.15, -0.1) is 0 Å². The minimum absolute atomic E-state index is 0. The number of nitrogens with two attached hydrogens (primary N) is 3. The van der Waals surface area contributed by atoms with Gasteiger partial charge in [0, 0.05) is 36.3 Å². The van der Waals surface area contributed by atoms with Crippen LogP contribution in [0.1, 0.15) is 60.2 Å². The SMILES string of the molecule is CC(C)C([NH3+])C(=O)OCC1OCC(n2ccc(N)nc2=O)O1.CC(C)C([NH3+])C(=O)OC[C@@H]1OC[C@H](n2ccc(N)nc2=O)O1.CC(C)C([NH3+])C(=O)OC[C@H]1OC[C@@H](n2ccc(N)nc2=O)O1.[Cl-].[Cl-].[Cl-]. The van der Waals surface area contributed by atoms with Crippen molar-refractivity contribution in [2.24, 2.45) is 17.8 Å². The average molecular weight is 1050 g/mol. The Balaban J connectivity index is 0.000000506. The summed E-state index contributed by atoms with van der Waals surface area (Å²) in [6, 6.07) is 3.15. The van der Waals surface area contributed by atoms with E-state index in [4.69, 9.17) is 59.8 Å². The molecule has 0 aliphatic carbocycles. The highest BCUT2D eigenvalue weighted by Gasteiger charge is 2.34. The molecule has 3 aliphatic heterocycles. The maximum atomic E-state index is 11.7. The van der Waals surface area contributed by atoms with Crippen molar-refractivity contribution >= 4 is 35.4 Å². The quantitative estimate of drug-likeness (QED) is 0.0608. The van der Waals surface area contributed by atoms with Gasteiger partial charge in [-0.05, 0) is 18.2 Å². The van der Waals surface area contributed by atoms with E-state index in [1.54, 1.807) is 0 Å². The molecule has 0 saturated carbocycles. The predicted octanol–water partition coefficient (Wildman–Crippen LogP) is -13.5. The van der Waals surface area contributed by atoms with Gasteiger partial charge < -0.3 is 114 Å². The lowest BCUT2D eigenvalue weighted by Gasteiger charge is -2.15. The summed E-state index contributed by atoms with van der Waals surface area (Å²) in [5.74, 6) is -0.534. The smallest absolute Gasteiger partial charge is 0.365 e. The fourth-order valence-corrected chi connectivity index (χ4v) is 5.55. The third-order valence-corrected chi connectivity index (χ3v) is 10.1. The summed E-state index contributed by atoms with van der Waals surface area (Å²) in [6.07, 6.45) is 0.418. The second-order valence-corrected chi connectivity index (χ2v) is 16.1. The Labute approximate surface area is 414 Å². The van der Waals surface area contributed by atoms with Gasteiger partial charge in [0.1, 0.15) is 37.3 Å². The molecule has 5 unspecified atom stereocenters. The lowest BCUT2D eigenvalue weighted by atomic mass is 10.1. The number of aromatic nitrogens is 6. The predicted molar refractivity (Wildman–Crippen MR) is 226 cm³/mol. The van der Waals surface area contributed by atoms with Crippen molar-refractivity contribution in [3.63, 3.8) is 0 Å². The van der Waals surface area contributed by atoms with E-state index in [1.165, 1.54) is 50.5 Å². The second-order valence-electron chi connectivity index (χ2n) is 16.1. The molecule has 69 heavy (non-hydrogen) atoms. The Morgan fingerprint density at radius 3 is 0.971 bits per heavy atom. The molecule has 0 radical (unpaired) electrons. The van der Waals surface area contributed by atoms with Crippen molar-refractivity contribution in [3.05, 3.63) is 68.2 Å². The third kappa shape index (κ3) is 18.7. The Hall–Kier alpha value is -5.04. The number of carbonyl (C=O) groups is 3. The molecule has 27 nitrogen and oxygen atoms in total. The fourth-order valence-electron chi connectivity index (χ4n) is 5.55. The van der Waals surface area contributed by atoms with E-state index in [0.717, 1.165) is 0 Å². The summed E-state index contributed by atoms with van der Waals surface area (Å²) in [6.45, 7) is 11.6. The van der Waals surface area contributed by atoms with E-state index < -0.39 is 90.7 Å². The summed E-state index contributed by atoms with van der Waals surface area (Å²) in [7, 11) is 0. The van der Waals surface area contributed by atoms with E-state index in [-0.39, 0.29) is 112 Å². The van der Waals surface area contributed by atoms with Gasteiger partial charge >= 0.3 is 35.0 Å². The Bertz CT molecular complexity index is 2030. The largest absolute Gasteiger partial charge is 1.00 e. The number of hydrogen-bond acceptors (Lipinski definition) is 21. The van der Waals surface area contributed by atoms with Crippen molar-refractivity contribution in [1.82, 2.24) is 28.7 Å². The van der Waals surface area contributed by atoms with Crippen LogP contribution < -0.4 is 88.7 Å². The first kappa shape index (κ1) is 62.0. The van der Waals surface area contributed by atoms with Crippen LogP contribution >= 0.6 is 0 Å². The minimum atomic E-state index is -0.724. The van der Waals surface area contributed by atoms with Crippen molar-refractivity contribution in [1.29, 1.82) is 0 Å². The van der Waals surface area contributed by atoms with Crippen molar-refractivity contribution in [3.8, 4) is 0 Å². The number of esters is 3. The highest BCUT2D eigenvalue weighted by atomic mass is 35.5. The zero-order chi connectivity index (χ0) is 48.8. The molecule has 3 aliphatic rings. The van der Waals surface area contributed by atoms with Gasteiger partial charge in [-0.3, -0.25) is 13.7 Å². The van der Waals surface area contributed by atoms with Crippen LogP contribution in [-0.4, -0.2) is 123 Å². The lowest BCUT2D eigenvalue weighted by Crippen LogP contribution is -3.00. The van der Waals surface area contributed by atoms with Crippen LogP contribution in [0, 0.1) is 17.8 Å². The molecule has 6 rings (SSSR count). The van der Waals surface area contributed by atoms with Crippen LogP contribution in [0.2, 0.25) is 0 Å². The number of nitrogen functional groups attached to an aromatic ring is 3. The van der Waals surface area contributed by atoms with Crippen LogP contribution in [0.15, 0.2) is 51.2 Å². The number of anilines is 3. The minimum Gasteiger partial charge on any atom is -1.00 e. The van der Waals surface area contributed by atoms with Crippen LogP contribution in [0.5, 0.6) is 0 Å². The van der Waals surface area contributed by atoms with Gasteiger partial charge in [0.15, 0.2) is 55.7 Å². The molecule has 15 N–H and O–H groups in total. The number of ether oxygens (including phenoxy) is 9. The molecule has 3 aromatic rings. The van der Waals surface area contributed by atoms with Crippen LogP contribution in [0.3, 0.4) is 0 Å². The number of rotatable bonds is 15. The molecule has 390 valence electrons. The number of quaternary nitrogens is 3. The first-order chi connectivity index (χ1) is 31.1. The van der Waals surface area contributed by atoms with Gasteiger partial charge in [0.2, 0.25) is 0 Å². The molecule has 3 saturated heterocycles. The van der Waals surface area contributed by atoms with E-state index in [1.807, 2.05) is 41.5 Å². The molecule has 0 aromatic carbocycles. The Morgan fingerprint density at radius 2 is 0.768 bits per heavy atom. The maximum absolute atomic E-state index is 11.7. The standard InChI is InChI=1S/3C13H20N4O5.3ClH/c3*1-7(2)11(15)12(18)21-6-10-20-5-9(22-10)17-4-3-8(14)16-13(17)19;;;/h3*3-4,7,9-11H,5-6,15H2,1-2H3,(H2,14,16,19);3*1H/t2*9-,10-,11?;;;;/m10..../s1. The monoisotopic (exact) mass is 1040 g/mol. The first-order valence-electron chi connectivity index (χ1n) is 21.0. The Kier molecular flexibility index (Phi) is 26.2. The van der Waals surface area contributed by atoms with Gasteiger partial charge in [-0.2, -0.15) is 15.0 Å². The number of carbonyl (C=O) groups excluding carboxylic acids is 3. The molecular weight excluding hydrogens is 983 g/mol. The van der Waals surface area contributed by atoms with E-state index in [0.29, 0.717) is 0 Å². The van der Waals surface area contributed by atoms with Gasteiger partial charge in [-0.25, -0.2) is 28.8 Å². The normalized spacial score (nSPS) is 21.7. The fraction of sp³-hybridized carbons (Fsp3) is 0.615. The number of halogens is 3. The molecule has 0 bridgehead atoms. The molecule has 9 atom stereocenters. The number of hydrogen-bond donors (Lipinski definition) is 6. The van der Waals surface area contributed by atoms with E-state index in [2.05, 4.69) is 32.2 Å². The van der Waals surface area contributed by atoms with Crippen LogP contribution in [0.4, 0.5) is 17.5 Å². The maximum Gasteiger partial charge on any atom is 0.365 e. The molecule has 0 spiro atoms. The summed E-state index contributed by atoms with van der Waals surface area (Å²) in [5.41, 5.74) is 25.9. The first-order valence-corrected chi connectivity index (χ1v) is 21.0. The zero-order valence-corrected chi connectivity index (χ0v) is 41.2. The molecule has 3 fully saturated rings. The van der Waals surface area contributed by atoms with Gasteiger partial charge in [-0.1, -0.05) is 41.5 Å². The van der Waals surface area contributed by atoms with Crippen LogP contribution in [-0.2, 0) is 57.0 Å². The van der Waals surface area contributed by atoms with Crippen molar-refractivity contribution in [2.75, 3.05) is 56.8 Å². The highest BCUT2D eigenvalue weighted by Crippen LogP contribution is 2.22. The van der Waals surface area contributed by atoms with E-state index >= 15 is 0 Å². The molecule has 6 heterocycles. The molecule has 30 heteroatoms. The summed E-state index contributed by atoms with van der Waals surface area (Å²) < 4.78 is 51.8. The highest BCUT2D eigenvalue weighted by molar-refractivity contribution is 5.75. The van der Waals surface area contributed by atoms with Crippen LogP contribution in [0.25, 0.3) is 0 Å². The third-order valence-electron chi connectivity index (χ3n) is 10.1. The molecular formula is C39H63Cl3N12O15. The van der Waals surface area contributed by atoms with Crippen molar-refractivity contribution in [2.45, 2.75) is 97.2 Å². The van der Waals surface area contributed by atoms with Gasteiger partial charge in [0.25, 0.3) is 0 Å². The summed E-state index contributed by atoms with van der Waals surface area (Å²) in [4.78, 5) is 81.1. The van der Waals surface area contributed by atoms with E-state index in [9.17, 15) is 28.8 Å². The van der Waals surface area contributed by atoms with Crippen molar-refractivity contribution < 1.29 is 111 Å². The topological polar surface area (TPSA) is 400 Å². The van der Waals surface area contributed by atoms with Gasteiger partial charge in [0.05, 0.1) is 19.8 Å². The Morgan fingerprint density at radius 1 is 0.536 bits per heavy atom. The average Bonchev–Trinajstić information content (AvgIpc) is 4.06. The second kappa shape index (κ2) is 29.2. The lowest BCUT2D eigenvalue weighted by molar-refractivity contribution is -0.419. The summed E-state index contributed by atoms with van der Waals surface area (Å²) in [5, 5.41) is 0. The zero-order valence-electron chi connectivity index (χ0n) is 38.9. The molecule has 0 amide bonds. The summed E-state index contributed by atoms with van der Waals surface area (Å²) >= 11 is 0. The molecule has 3 aromatic heterocycles. The number of nitrogens with zero attached hydrogens (tertiary/aromatic N) is 6.